The van der Waals surface area contributed by atoms with E-state index < -0.39 is 146 Å². The Morgan fingerprint density at radius 1 is 0.534 bits per heavy atom. The minimum Gasteiger partial charge on any atom is -0.479 e. The van der Waals surface area contributed by atoms with Crippen molar-refractivity contribution in [3.05, 3.63) is 0 Å². The highest BCUT2D eigenvalue weighted by molar-refractivity contribution is 5.74. The highest BCUT2D eigenvalue weighted by Crippen LogP contribution is 2.35. The Hall–Kier alpha value is -2.76. The van der Waals surface area contributed by atoms with Crippen molar-refractivity contribution in [2.45, 2.75) is 164 Å². The van der Waals surface area contributed by atoms with Crippen molar-refractivity contribution in [1.29, 1.82) is 0 Å². The molecule has 0 aliphatic carbocycles. The Balaban J connectivity index is 1.69. The SMILES string of the molecule is CC(=O)NC1C(O)[C@H](O)C(C)O[C@H]1OC1C(O)[C@H](O)C(C(=O)O)O[C@H]1OC1C(NC(C)=O)[C@H](OC2C(NC(C)=O)[C@H](OCCOCCN)OC(C)[C@@H]2O)OC(C)[C@H]1O. The molecular weight excluding hydrogens is 784 g/mol. The predicted molar refractivity (Wildman–Crippen MR) is 189 cm³/mol. The summed E-state index contributed by atoms with van der Waals surface area (Å²) in [5.74, 6) is -3.67. The molecule has 4 aliphatic heterocycles. The van der Waals surface area contributed by atoms with Gasteiger partial charge in [0.2, 0.25) is 17.7 Å². The summed E-state index contributed by atoms with van der Waals surface area (Å²) in [6.45, 7) is 8.37. The molecule has 58 heavy (non-hydrogen) atoms. The van der Waals surface area contributed by atoms with Gasteiger partial charge >= 0.3 is 5.97 Å². The van der Waals surface area contributed by atoms with Crippen LogP contribution in [-0.4, -0.2) is 208 Å². The van der Waals surface area contributed by atoms with Crippen LogP contribution in [0.4, 0.5) is 0 Å². The van der Waals surface area contributed by atoms with Gasteiger partial charge in [-0.1, -0.05) is 0 Å². The number of aliphatic hydroxyl groups is 6. The summed E-state index contributed by atoms with van der Waals surface area (Å²) in [7, 11) is 0. The van der Waals surface area contributed by atoms with Crippen LogP contribution in [0.5, 0.6) is 0 Å². The first-order valence-corrected chi connectivity index (χ1v) is 18.9. The smallest absolute Gasteiger partial charge is 0.335 e. The molecule has 24 nitrogen and oxygen atoms in total. The van der Waals surface area contributed by atoms with E-state index in [0.29, 0.717) is 0 Å². The molecule has 0 spiro atoms. The van der Waals surface area contributed by atoms with Crippen molar-refractivity contribution >= 4 is 23.7 Å². The topological polar surface area (TPSA) is 355 Å². The van der Waals surface area contributed by atoms with E-state index in [-0.39, 0.29) is 26.4 Å². The fraction of sp³-hybridized carbons (Fsp3) is 0.882. The Morgan fingerprint density at radius 2 is 0.983 bits per heavy atom. The number of aliphatic carboxylic acids is 1. The van der Waals surface area contributed by atoms with Gasteiger partial charge in [-0.2, -0.15) is 0 Å². The summed E-state index contributed by atoms with van der Waals surface area (Å²) >= 11 is 0. The summed E-state index contributed by atoms with van der Waals surface area (Å²) in [5.41, 5.74) is 5.46. The molecule has 4 saturated heterocycles. The maximum Gasteiger partial charge on any atom is 0.335 e. The van der Waals surface area contributed by atoms with Crippen LogP contribution < -0.4 is 21.7 Å². The summed E-state index contributed by atoms with van der Waals surface area (Å²) in [6.07, 6.45) is -27.4. The third-order valence-corrected chi connectivity index (χ3v) is 10.0. The van der Waals surface area contributed by atoms with Crippen molar-refractivity contribution in [2.24, 2.45) is 5.73 Å². The van der Waals surface area contributed by atoms with Crippen LogP contribution in [0.1, 0.15) is 41.5 Å². The van der Waals surface area contributed by atoms with E-state index in [1.165, 1.54) is 27.7 Å². The number of rotatable bonds is 16. The largest absolute Gasteiger partial charge is 0.479 e. The number of hydrogen-bond acceptors (Lipinski definition) is 20. The van der Waals surface area contributed by atoms with Gasteiger partial charge in [-0.25, -0.2) is 4.79 Å². The number of carbonyl (C=O) groups is 4. The number of ether oxygens (including phenoxy) is 9. The van der Waals surface area contributed by atoms with E-state index in [1.54, 1.807) is 0 Å². The lowest BCUT2D eigenvalue weighted by molar-refractivity contribution is -0.372. The third-order valence-electron chi connectivity index (χ3n) is 10.0. The van der Waals surface area contributed by atoms with E-state index in [1.807, 2.05) is 0 Å². The molecule has 12 N–H and O–H groups in total. The van der Waals surface area contributed by atoms with E-state index in [2.05, 4.69) is 16.0 Å². The number of nitrogens with one attached hydrogen (secondary N) is 3. The molecule has 0 aromatic rings. The van der Waals surface area contributed by atoms with E-state index >= 15 is 0 Å². The molecule has 334 valence electrons. The van der Waals surface area contributed by atoms with Gasteiger partial charge in [0.25, 0.3) is 0 Å². The minimum absolute atomic E-state index is 0.0116. The number of aliphatic hydroxyl groups excluding tert-OH is 6. The van der Waals surface area contributed by atoms with E-state index in [4.69, 9.17) is 48.4 Å². The van der Waals surface area contributed by atoms with Crippen LogP contribution in [0, 0.1) is 0 Å². The minimum atomic E-state index is -2.15. The molecule has 4 fully saturated rings. The van der Waals surface area contributed by atoms with Gasteiger partial charge in [-0.3, -0.25) is 14.4 Å². The monoisotopic (exact) mass is 842 g/mol. The quantitative estimate of drug-likeness (QED) is 0.0644. The first kappa shape index (κ1) is 47.9. The van der Waals surface area contributed by atoms with Crippen LogP contribution in [-0.2, 0) is 61.8 Å². The molecule has 0 bridgehead atoms. The van der Waals surface area contributed by atoms with Gasteiger partial charge < -0.3 is 100 Å². The average Bonchev–Trinajstić information content (AvgIpc) is 3.14. The molecule has 0 radical (unpaired) electrons. The second kappa shape index (κ2) is 21.2. The van der Waals surface area contributed by atoms with Gasteiger partial charge in [-0.05, 0) is 20.8 Å². The van der Waals surface area contributed by atoms with Crippen LogP contribution in [0.3, 0.4) is 0 Å². The van der Waals surface area contributed by atoms with Gasteiger partial charge in [-0.15, -0.1) is 0 Å². The van der Waals surface area contributed by atoms with Gasteiger partial charge in [0.1, 0.15) is 73.1 Å². The molecule has 0 saturated carbocycles. The Bertz CT molecular complexity index is 1390. The molecule has 4 rings (SSSR count). The lowest BCUT2D eigenvalue weighted by atomic mass is 9.94. The molecule has 4 heterocycles. The molecule has 20 atom stereocenters. The van der Waals surface area contributed by atoms with Crippen molar-refractivity contribution in [2.75, 3.05) is 26.4 Å². The maximum absolute atomic E-state index is 12.7. The lowest BCUT2D eigenvalue weighted by Crippen LogP contribution is -2.71. The highest BCUT2D eigenvalue weighted by Gasteiger charge is 2.56. The Kier molecular flexibility index (Phi) is 17.5. The number of nitrogens with two attached hydrogens (primary N) is 1. The van der Waals surface area contributed by atoms with Crippen LogP contribution in [0.2, 0.25) is 0 Å². The van der Waals surface area contributed by atoms with Gasteiger partial charge in [0.15, 0.2) is 31.3 Å². The van der Waals surface area contributed by atoms with E-state index in [9.17, 15) is 54.9 Å². The highest BCUT2D eigenvalue weighted by atomic mass is 16.8. The number of carbonyl (C=O) groups excluding carboxylic acids is 3. The Labute approximate surface area is 333 Å². The van der Waals surface area contributed by atoms with Crippen molar-refractivity contribution in [3.63, 3.8) is 0 Å². The summed E-state index contributed by atoms with van der Waals surface area (Å²) < 4.78 is 52.8. The van der Waals surface area contributed by atoms with Crippen molar-refractivity contribution in [3.8, 4) is 0 Å². The number of amides is 3. The molecule has 4 aliphatic rings. The molecule has 0 aromatic heterocycles. The zero-order chi connectivity index (χ0) is 43.2. The van der Waals surface area contributed by atoms with Crippen LogP contribution in [0.15, 0.2) is 0 Å². The summed E-state index contributed by atoms with van der Waals surface area (Å²) in [6, 6.07) is -4.19. The molecule has 0 aromatic carbocycles. The average molecular weight is 843 g/mol. The zero-order valence-corrected chi connectivity index (χ0v) is 32.9. The van der Waals surface area contributed by atoms with Crippen molar-refractivity contribution < 1.29 is 97.6 Å². The first-order chi connectivity index (χ1) is 27.3. The second-order valence-electron chi connectivity index (χ2n) is 14.6. The lowest BCUT2D eigenvalue weighted by Gasteiger charge is -2.50. The summed E-state index contributed by atoms with van der Waals surface area (Å²) in [4.78, 5) is 49.3. The fourth-order valence-corrected chi connectivity index (χ4v) is 7.08. The number of hydrogen-bond donors (Lipinski definition) is 11. The predicted octanol–water partition coefficient (Wildman–Crippen LogP) is -6.14. The van der Waals surface area contributed by atoms with Gasteiger partial charge in [0.05, 0.1) is 38.1 Å². The maximum atomic E-state index is 12.7. The Morgan fingerprint density at radius 3 is 1.50 bits per heavy atom. The number of carboxylic acids is 1. The second-order valence-corrected chi connectivity index (χ2v) is 14.6. The molecule has 12 unspecified atom stereocenters. The number of carboxylic acid groups (broad SMARTS) is 1. The third kappa shape index (κ3) is 11.5. The first-order valence-electron chi connectivity index (χ1n) is 18.9. The molecule has 3 amide bonds. The zero-order valence-electron chi connectivity index (χ0n) is 32.9. The molecule has 24 heteroatoms. The van der Waals surface area contributed by atoms with E-state index in [0.717, 1.165) is 13.8 Å². The van der Waals surface area contributed by atoms with Crippen molar-refractivity contribution in [1.82, 2.24) is 16.0 Å². The standard InChI is InChI=1S/C34H58N4O20/c1-11-20(42)23(45)17(36-14(4)39)32(53-11)58-29-25(47)24(46)28(30(48)49)57-34(29)56-27-19(38-16(6)41)33(54-13(3)22(27)44)55-26-18(37-15(5)40)31(52-12(2)21(26)43)51-10-9-50-8-7-35/h11-13,17-29,31-34,42-47H,7-10,35H2,1-6H3,(H,36,39)(H,37,40)(H,38,41)(H,48,49)/t11?,12?,13?,17?,18?,19?,20-,21+,22-,23?,24+,25?,26?,27?,28?,29?,31-,32+,33+,34-/m1/s1. The fourth-order valence-electron chi connectivity index (χ4n) is 7.08. The summed E-state index contributed by atoms with van der Waals surface area (Å²) in [5, 5.41) is 83.7. The van der Waals surface area contributed by atoms with Crippen LogP contribution >= 0.6 is 0 Å². The normalized spacial score (nSPS) is 43.3. The van der Waals surface area contributed by atoms with Crippen LogP contribution in [0.25, 0.3) is 0 Å². The molecular formula is C34H58N4O20. The van der Waals surface area contributed by atoms with Gasteiger partial charge in [0, 0.05) is 27.3 Å².